The van der Waals surface area contributed by atoms with Crippen LogP contribution in [0.1, 0.15) is 78.6 Å². The van der Waals surface area contributed by atoms with Crippen molar-refractivity contribution in [3.8, 4) is 0 Å². The standard InChI is InChI=1S/C23H42N4O5/c1-16(28)8-10-19(24-4)14-22(31)26-12-6-7-21(13-18(3)30)27-23(32)15-20(25-5)11-9-17(2)29/h19-21,24-25H,6-15H2,1-5H3,(H,26,31)(H,27,32). The fraction of sp³-hybridized carbons (Fsp3) is 0.783. The summed E-state index contributed by atoms with van der Waals surface area (Å²) in [4.78, 5) is 58.4. The second-order valence-electron chi connectivity index (χ2n) is 8.52. The van der Waals surface area contributed by atoms with Crippen molar-refractivity contribution < 1.29 is 24.0 Å². The van der Waals surface area contributed by atoms with E-state index < -0.39 is 0 Å². The number of carbonyl (C=O) groups excluding carboxylic acids is 5. The van der Waals surface area contributed by atoms with Crippen molar-refractivity contribution in [3.63, 3.8) is 0 Å². The SMILES string of the molecule is CNC(CCC(C)=O)CC(=O)NCCCC(CC(C)=O)NC(=O)CC(CCC(C)=O)NC. The van der Waals surface area contributed by atoms with Gasteiger partial charge in [0.25, 0.3) is 0 Å². The van der Waals surface area contributed by atoms with E-state index in [1.807, 2.05) is 0 Å². The number of carbonyl (C=O) groups is 5. The first-order valence-electron chi connectivity index (χ1n) is 11.5. The van der Waals surface area contributed by atoms with E-state index in [1.165, 1.54) is 20.8 Å². The van der Waals surface area contributed by atoms with Gasteiger partial charge in [-0.1, -0.05) is 0 Å². The number of nitrogens with one attached hydrogen (secondary N) is 4. The van der Waals surface area contributed by atoms with Gasteiger partial charge in [0, 0.05) is 56.8 Å². The van der Waals surface area contributed by atoms with Crippen LogP contribution in [0.5, 0.6) is 0 Å². The normalized spacial score (nSPS) is 13.7. The summed E-state index contributed by atoms with van der Waals surface area (Å²) in [6.07, 6.45) is 4.03. The predicted molar refractivity (Wildman–Crippen MR) is 124 cm³/mol. The largest absolute Gasteiger partial charge is 0.356 e. The Morgan fingerprint density at radius 2 is 1.12 bits per heavy atom. The van der Waals surface area contributed by atoms with Gasteiger partial charge < -0.3 is 30.9 Å². The molecule has 2 amide bonds. The van der Waals surface area contributed by atoms with Gasteiger partial charge in [0.2, 0.25) is 11.8 Å². The van der Waals surface area contributed by atoms with Crippen LogP contribution in [0.3, 0.4) is 0 Å². The minimum Gasteiger partial charge on any atom is -0.356 e. The van der Waals surface area contributed by atoms with Gasteiger partial charge >= 0.3 is 0 Å². The van der Waals surface area contributed by atoms with Crippen molar-refractivity contribution in [3.05, 3.63) is 0 Å². The van der Waals surface area contributed by atoms with Crippen molar-refractivity contribution in [1.29, 1.82) is 0 Å². The summed E-state index contributed by atoms with van der Waals surface area (Å²) >= 11 is 0. The first-order valence-corrected chi connectivity index (χ1v) is 11.5. The Bertz CT molecular complexity index is 624. The van der Waals surface area contributed by atoms with E-state index in [0.29, 0.717) is 51.5 Å². The number of ketones is 3. The highest BCUT2D eigenvalue weighted by Gasteiger charge is 2.18. The molecule has 0 aliphatic rings. The van der Waals surface area contributed by atoms with Crippen LogP contribution >= 0.6 is 0 Å². The fourth-order valence-corrected chi connectivity index (χ4v) is 3.41. The van der Waals surface area contributed by atoms with E-state index in [0.717, 1.165) is 0 Å². The molecule has 0 heterocycles. The average molecular weight is 455 g/mol. The van der Waals surface area contributed by atoms with Crippen molar-refractivity contribution in [1.82, 2.24) is 21.3 Å². The number of hydrogen-bond acceptors (Lipinski definition) is 7. The van der Waals surface area contributed by atoms with Crippen LogP contribution in [0.15, 0.2) is 0 Å². The molecule has 9 heteroatoms. The lowest BCUT2D eigenvalue weighted by molar-refractivity contribution is -0.124. The molecule has 0 fully saturated rings. The van der Waals surface area contributed by atoms with Crippen LogP contribution in [0.25, 0.3) is 0 Å². The molecular weight excluding hydrogens is 412 g/mol. The molecule has 32 heavy (non-hydrogen) atoms. The van der Waals surface area contributed by atoms with Gasteiger partial charge in [0.15, 0.2) is 0 Å². The fourth-order valence-electron chi connectivity index (χ4n) is 3.41. The third kappa shape index (κ3) is 16.5. The van der Waals surface area contributed by atoms with Gasteiger partial charge in [0.1, 0.15) is 17.3 Å². The summed E-state index contributed by atoms with van der Waals surface area (Å²) < 4.78 is 0. The third-order valence-corrected chi connectivity index (χ3v) is 5.32. The van der Waals surface area contributed by atoms with Gasteiger partial charge in [-0.15, -0.1) is 0 Å². The van der Waals surface area contributed by atoms with Crippen LogP contribution in [0.2, 0.25) is 0 Å². The Morgan fingerprint density at radius 1 is 0.625 bits per heavy atom. The van der Waals surface area contributed by atoms with Gasteiger partial charge in [-0.3, -0.25) is 14.4 Å². The topological polar surface area (TPSA) is 133 Å². The number of Topliss-reactive ketones (excluding diaryl/α,β-unsaturated/α-hetero) is 3. The number of rotatable bonds is 19. The van der Waals surface area contributed by atoms with Crippen LogP contribution in [0, 0.1) is 0 Å². The molecule has 0 rings (SSSR count). The predicted octanol–water partition coefficient (Wildman–Crippen LogP) is 1.04. The van der Waals surface area contributed by atoms with E-state index in [1.54, 1.807) is 14.1 Å². The van der Waals surface area contributed by atoms with Gasteiger partial charge in [-0.25, -0.2) is 0 Å². The molecule has 3 unspecified atom stereocenters. The lowest BCUT2D eigenvalue weighted by atomic mass is 10.0. The van der Waals surface area contributed by atoms with Crippen molar-refractivity contribution in [2.24, 2.45) is 0 Å². The number of amides is 2. The van der Waals surface area contributed by atoms with Crippen molar-refractivity contribution in [2.45, 2.75) is 96.7 Å². The molecule has 0 aromatic carbocycles. The molecule has 0 aliphatic carbocycles. The van der Waals surface area contributed by atoms with Crippen LogP contribution < -0.4 is 21.3 Å². The molecule has 4 N–H and O–H groups in total. The highest BCUT2D eigenvalue weighted by atomic mass is 16.2. The highest BCUT2D eigenvalue weighted by Crippen LogP contribution is 2.07. The molecular formula is C23H42N4O5. The van der Waals surface area contributed by atoms with Crippen LogP contribution in [0.4, 0.5) is 0 Å². The molecule has 0 aliphatic heterocycles. The monoisotopic (exact) mass is 454 g/mol. The summed E-state index contributed by atoms with van der Waals surface area (Å²) in [5.74, 6) is -0.0810. The smallest absolute Gasteiger partial charge is 0.221 e. The maximum Gasteiger partial charge on any atom is 0.221 e. The first kappa shape index (κ1) is 29.9. The maximum atomic E-state index is 12.4. The zero-order valence-corrected chi connectivity index (χ0v) is 20.3. The minimum atomic E-state index is -0.289. The quantitative estimate of drug-likeness (QED) is 0.214. The molecule has 184 valence electrons. The maximum absolute atomic E-state index is 12.4. The third-order valence-electron chi connectivity index (χ3n) is 5.32. The molecule has 0 aromatic rings. The summed E-state index contributed by atoms with van der Waals surface area (Å²) in [7, 11) is 3.53. The van der Waals surface area contributed by atoms with Gasteiger partial charge in [-0.2, -0.15) is 0 Å². The van der Waals surface area contributed by atoms with Gasteiger partial charge in [-0.05, 0) is 60.5 Å². The van der Waals surface area contributed by atoms with Gasteiger partial charge in [0.05, 0.1) is 0 Å². The summed E-state index contributed by atoms with van der Waals surface area (Å²) in [5, 5.41) is 11.9. The summed E-state index contributed by atoms with van der Waals surface area (Å²) in [5.41, 5.74) is 0. The molecule has 0 bridgehead atoms. The summed E-state index contributed by atoms with van der Waals surface area (Å²) in [6, 6.07) is -0.436. The number of hydrogen-bond donors (Lipinski definition) is 4. The Labute approximate surface area is 192 Å². The summed E-state index contributed by atoms with van der Waals surface area (Å²) in [6.45, 7) is 5.00. The molecule has 0 saturated carbocycles. The van der Waals surface area contributed by atoms with E-state index in [4.69, 9.17) is 0 Å². The molecule has 9 nitrogen and oxygen atoms in total. The van der Waals surface area contributed by atoms with Crippen LogP contribution in [-0.2, 0) is 24.0 Å². The molecule has 0 saturated heterocycles. The Kier molecular flexibility index (Phi) is 16.3. The van der Waals surface area contributed by atoms with E-state index in [9.17, 15) is 24.0 Å². The average Bonchev–Trinajstić information content (AvgIpc) is 2.70. The zero-order valence-electron chi connectivity index (χ0n) is 20.3. The molecule has 3 atom stereocenters. The zero-order chi connectivity index (χ0) is 24.5. The van der Waals surface area contributed by atoms with Crippen molar-refractivity contribution >= 4 is 29.2 Å². The molecule has 0 aromatic heterocycles. The van der Waals surface area contributed by atoms with E-state index in [-0.39, 0.29) is 60.1 Å². The lowest BCUT2D eigenvalue weighted by Crippen LogP contribution is -2.40. The van der Waals surface area contributed by atoms with Crippen molar-refractivity contribution in [2.75, 3.05) is 20.6 Å². The van der Waals surface area contributed by atoms with Crippen LogP contribution in [-0.4, -0.2) is 67.9 Å². The Balaban J connectivity index is 4.44. The Hall–Kier alpha value is -2.13. The molecule has 0 spiro atoms. The van der Waals surface area contributed by atoms with E-state index in [2.05, 4.69) is 21.3 Å². The second kappa shape index (κ2) is 17.4. The highest BCUT2D eigenvalue weighted by molar-refractivity contribution is 5.80. The lowest BCUT2D eigenvalue weighted by Gasteiger charge is -2.21. The minimum absolute atomic E-state index is 0.0107. The van der Waals surface area contributed by atoms with E-state index >= 15 is 0 Å². The first-order chi connectivity index (χ1) is 15.1. The molecule has 0 radical (unpaired) electrons. The second-order valence-corrected chi connectivity index (χ2v) is 8.52. The Morgan fingerprint density at radius 3 is 1.56 bits per heavy atom.